The van der Waals surface area contributed by atoms with Gasteiger partial charge in [-0.1, -0.05) is 22.0 Å². The molecule has 66 valence electrons. The zero-order valence-electron chi connectivity index (χ0n) is 7.21. The van der Waals surface area contributed by atoms with E-state index in [9.17, 15) is 5.11 Å². The van der Waals surface area contributed by atoms with Crippen molar-refractivity contribution in [2.24, 2.45) is 0 Å². The maximum atomic E-state index is 9.48. The summed E-state index contributed by atoms with van der Waals surface area (Å²) in [6.45, 7) is 0.763. The fourth-order valence-corrected chi connectivity index (χ4v) is 1.36. The molecule has 0 saturated heterocycles. The van der Waals surface area contributed by atoms with E-state index in [-0.39, 0.29) is 0 Å². The molecule has 0 aliphatic rings. The number of rotatable bonds is 2. The lowest BCUT2D eigenvalue weighted by Gasteiger charge is -2.10. The van der Waals surface area contributed by atoms with E-state index in [1.807, 2.05) is 31.1 Å². The largest absolute Gasteiger partial charge is 0.508 e. The predicted octanol–water partition coefficient (Wildman–Crippen LogP) is 2.22. The zero-order valence-corrected chi connectivity index (χ0v) is 8.80. The van der Waals surface area contributed by atoms with Gasteiger partial charge < -0.3 is 10.0 Å². The first-order valence-electron chi connectivity index (χ1n) is 3.71. The maximum absolute atomic E-state index is 9.48. The lowest BCUT2D eigenvalue weighted by Crippen LogP contribution is -2.10. The van der Waals surface area contributed by atoms with Crippen LogP contribution in [0.4, 0.5) is 0 Å². The highest BCUT2D eigenvalue weighted by molar-refractivity contribution is 9.10. The van der Waals surface area contributed by atoms with E-state index >= 15 is 0 Å². The van der Waals surface area contributed by atoms with Gasteiger partial charge in [0, 0.05) is 16.6 Å². The van der Waals surface area contributed by atoms with E-state index in [1.54, 1.807) is 6.07 Å². The van der Waals surface area contributed by atoms with Crippen LogP contribution in [-0.4, -0.2) is 24.1 Å². The predicted molar refractivity (Wildman–Crippen MR) is 53.2 cm³/mol. The van der Waals surface area contributed by atoms with Crippen molar-refractivity contribution in [3.63, 3.8) is 0 Å². The number of hydrogen-bond donors (Lipinski definition) is 1. The Morgan fingerprint density at radius 1 is 1.42 bits per heavy atom. The summed E-state index contributed by atoms with van der Waals surface area (Å²) in [5.41, 5.74) is 0.947. The van der Waals surface area contributed by atoms with Crippen LogP contribution < -0.4 is 0 Å². The van der Waals surface area contributed by atoms with Crippen LogP contribution in [0.25, 0.3) is 0 Å². The molecule has 0 aliphatic heterocycles. The maximum Gasteiger partial charge on any atom is 0.121 e. The Labute approximate surface area is 80.9 Å². The van der Waals surface area contributed by atoms with Crippen molar-refractivity contribution < 1.29 is 5.11 Å². The van der Waals surface area contributed by atoms with Gasteiger partial charge in [-0.15, -0.1) is 0 Å². The fraction of sp³-hybridized carbons (Fsp3) is 0.333. The molecular weight excluding hydrogens is 218 g/mol. The van der Waals surface area contributed by atoms with E-state index in [1.165, 1.54) is 0 Å². The van der Waals surface area contributed by atoms with Gasteiger partial charge in [-0.25, -0.2) is 0 Å². The van der Waals surface area contributed by atoms with Gasteiger partial charge >= 0.3 is 0 Å². The van der Waals surface area contributed by atoms with Crippen molar-refractivity contribution in [3.05, 3.63) is 28.2 Å². The number of phenolic OH excluding ortho intramolecular Hbond substituents is 1. The monoisotopic (exact) mass is 229 g/mol. The second-order valence-electron chi connectivity index (χ2n) is 3.01. The highest BCUT2D eigenvalue weighted by Gasteiger charge is 2.01. The average Bonchev–Trinajstić information content (AvgIpc) is 1.94. The van der Waals surface area contributed by atoms with Gasteiger partial charge in [0.2, 0.25) is 0 Å². The summed E-state index contributed by atoms with van der Waals surface area (Å²) in [5.74, 6) is 0.345. The molecule has 1 aromatic rings. The summed E-state index contributed by atoms with van der Waals surface area (Å²) in [6.07, 6.45) is 0. The van der Waals surface area contributed by atoms with Crippen LogP contribution in [0.5, 0.6) is 5.75 Å². The molecular formula is C9H12BrNO. The van der Waals surface area contributed by atoms with Crippen molar-refractivity contribution in [3.8, 4) is 5.75 Å². The van der Waals surface area contributed by atoms with Gasteiger partial charge in [-0.3, -0.25) is 0 Å². The highest BCUT2D eigenvalue weighted by atomic mass is 79.9. The minimum Gasteiger partial charge on any atom is -0.508 e. The Balaban J connectivity index is 2.86. The quantitative estimate of drug-likeness (QED) is 0.841. The molecule has 0 radical (unpaired) electrons. The van der Waals surface area contributed by atoms with Crippen molar-refractivity contribution in [1.82, 2.24) is 4.90 Å². The van der Waals surface area contributed by atoms with Crippen molar-refractivity contribution in [2.45, 2.75) is 6.54 Å². The second kappa shape index (κ2) is 3.92. The van der Waals surface area contributed by atoms with E-state index in [4.69, 9.17) is 0 Å². The zero-order chi connectivity index (χ0) is 9.14. The average molecular weight is 230 g/mol. The van der Waals surface area contributed by atoms with E-state index in [0.717, 1.165) is 16.6 Å². The first kappa shape index (κ1) is 9.55. The minimum atomic E-state index is 0.345. The molecule has 12 heavy (non-hydrogen) atoms. The Hall–Kier alpha value is -0.540. The summed E-state index contributed by atoms with van der Waals surface area (Å²) < 4.78 is 0.905. The van der Waals surface area contributed by atoms with Crippen LogP contribution in [0.15, 0.2) is 22.7 Å². The van der Waals surface area contributed by atoms with Gasteiger partial charge in [0.1, 0.15) is 5.75 Å². The number of benzene rings is 1. The lowest BCUT2D eigenvalue weighted by atomic mass is 10.2. The van der Waals surface area contributed by atoms with Crippen LogP contribution >= 0.6 is 15.9 Å². The molecule has 0 saturated carbocycles. The molecule has 0 unspecified atom stereocenters. The van der Waals surface area contributed by atoms with E-state index in [2.05, 4.69) is 15.9 Å². The number of nitrogens with zero attached hydrogens (tertiary/aromatic N) is 1. The molecule has 1 N–H and O–H groups in total. The summed E-state index contributed by atoms with van der Waals surface area (Å²) in [7, 11) is 3.95. The number of phenols is 1. The molecule has 0 amide bonds. The van der Waals surface area contributed by atoms with Gasteiger partial charge in [-0.2, -0.15) is 0 Å². The number of aromatic hydroxyl groups is 1. The summed E-state index contributed by atoms with van der Waals surface area (Å²) in [6, 6.07) is 5.55. The van der Waals surface area contributed by atoms with Gasteiger partial charge in [0.25, 0.3) is 0 Å². The molecule has 1 aromatic carbocycles. The normalized spacial score (nSPS) is 10.7. The first-order valence-corrected chi connectivity index (χ1v) is 4.51. The lowest BCUT2D eigenvalue weighted by molar-refractivity contribution is 0.386. The molecule has 0 atom stereocenters. The fourth-order valence-electron chi connectivity index (χ4n) is 1.01. The van der Waals surface area contributed by atoms with E-state index in [0.29, 0.717) is 5.75 Å². The van der Waals surface area contributed by atoms with E-state index < -0.39 is 0 Å². The van der Waals surface area contributed by atoms with Gasteiger partial charge in [0.15, 0.2) is 0 Å². The Morgan fingerprint density at radius 2 is 2.08 bits per heavy atom. The standard InChI is InChI=1S/C9H12BrNO/c1-11(2)6-7-3-4-8(10)5-9(7)12/h3-5,12H,6H2,1-2H3. The Kier molecular flexibility index (Phi) is 3.12. The number of halogens is 1. The third-order valence-electron chi connectivity index (χ3n) is 1.53. The minimum absolute atomic E-state index is 0.345. The SMILES string of the molecule is CN(C)Cc1ccc(Br)cc1O. The van der Waals surface area contributed by atoms with Gasteiger partial charge in [0.05, 0.1) is 0 Å². The van der Waals surface area contributed by atoms with Gasteiger partial charge in [-0.05, 0) is 26.2 Å². The molecule has 0 heterocycles. The molecule has 0 bridgehead atoms. The van der Waals surface area contributed by atoms with Crippen molar-refractivity contribution >= 4 is 15.9 Å². The van der Waals surface area contributed by atoms with Crippen LogP contribution in [0.2, 0.25) is 0 Å². The summed E-state index contributed by atoms with van der Waals surface area (Å²) in [5, 5.41) is 9.48. The van der Waals surface area contributed by atoms with Crippen molar-refractivity contribution in [2.75, 3.05) is 14.1 Å². The highest BCUT2D eigenvalue weighted by Crippen LogP contribution is 2.22. The first-order chi connectivity index (χ1) is 5.59. The van der Waals surface area contributed by atoms with Crippen LogP contribution in [0.1, 0.15) is 5.56 Å². The molecule has 0 aliphatic carbocycles. The van der Waals surface area contributed by atoms with Crippen LogP contribution in [0, 0.1) is 0 Å². The summed E-state index contributed by atoms with van der Waals surface area (Å²) in [4.78, 5) is 2.02. The molecule has 2 nitrogen and oxygen atoms in total. The molecule has 3 heteroatoms. The smallest absolute Gasteiger partial charge is 0.121 e. The molecule has 0 spiro atoms. The summed E-state index contributed by atoms with van der Waals surface area (Å²) >= 11 is 3.29. The topological polar surface area (TPSA) is 23.5 Å². The molecule has 0 aromatic heterocycles. The molecule has 1 rings (SSSR count). The third kappa shape index (κ3) is 2.50. The Bertz CT molecular complexity index is 273. The molecule has 0 fully saturated rings. The number of hydrogen-bond acceptors (Lipinski definition) is 2. The van der Waals surface area contributed by atoms with Crippen molar-refractivity contribution in [1.29, 1.82) is 0 Å². The Morgan fingerprint density at radius 3 is 2.58 bits per heavy atom. The second-order valence-corrected chi connectivity index (χ2v) is 3.93. The van der Waals surface area contributed by atoms with Crippen LogP contribution in [0.3, 0.4) is 0 Å². The third-order valence-corrected chi connectivity index (χ3v) is 2.03. The van der Waals surface area contributed by atoms with Crippen LogP contribution in [-0.2, 0) is 6.54 Å².